The zero-order valence-corrected chi connectivity index (χ0v) is 18.7. The molecular weight excluding hydrogens is 476 g/mol. The van der Waals surface area contributed by atoms with Crippen LogP contribution in [0, 0.1) is 6.92 Å². The molecule has 3 aromatic heterocycles. The Morgan fingerprint density at radius 1 is 1.00 bits per heavy atom. The van der Waals surface area contributed by atoms with E-state index in [0.717, 1.165) is 26.9 Å². The van der Waals surface area contributed by atoms with Crippen LogP contribution in [0.3, 0.4) is 0 Å². The molecule has 5 aromatic rings. The number of thiazole rings is 1. The summed E-state index contributed by atoms with van der Waals surface area (Å²) in [5.74, 6) is 1.87. The predicted molar refractivity (Wildman–Crippen MR) is 123 cm³/mol. The van der Waals surface area contributed by atoms with Crippen molar-refractivity contribution in [2.75, 3.05) is 0 Å². The van der Waals surface area contributed by atoms with Crippen LogP contribution < -0.4 is 4.74 Å². The second kappa shape index (κ2) is 8.41. The average Bonchev–Trinajstić information content (AvgIpc) is 3.49. The summed E-state index contributed by atoms with van der Waals surface area (Å²) in [6.07, 6.45) is 1.67. The van der Waals surface area contributed by atoms with Crippen molar-refractivity contribution in [2.45, 2.75) is 6.92 Å². The van der Waals surface area contributed by atoms with Crippen LogP contribution in [0.15, 0.2) is 80.7 Å². The molecule has 8 heteroatoms. The van der Waals surface area contributed by atoms with Gasteiger partial charge in [0.15, 0.2) is 0 Å². The molecular formula is C23H15BrN4O2S. The van der Waals surface area contributed by atoms with E-state index in [4.69, 9.17) is 9.26 Å². The molecule has 0 amide bonds. The van der Waals surface area contributed by atoms with E-state index >= 15 is 0 Å². The lowest BCUT2D eigenvalue weighted by atomic mass is 10.1. The summed E-state index contributed by atoms with van der Waals surface area (Å²) in [6.45, 7) is 2.02. The first kappa shape index (κ1) is 19.6. The predicted octanol–water partition coefficient (Wildman–Crippen LogP) is 6.79. The maximum Gasteiger partial charge on any atom is 0.258 e. The lowest BCUT2D eigenvalue weighted by Crippen LogP contribution is -1.93. The van der Waals surface area contributed by atoms with Gasteiger partial charge in [0.1, 0.15) is 5.75 Å². The lowest BCUT2D eigenvalue weighted by Gasteiger charge is -2.09. The van der Waals surface area contributed by atoms with Crippen LogP contribution in [-0.4, -0.2) is 20.1 Å². The van der Waals surface area contributed by atoms with E-state index in [1.165, 1.54) is 0 Å². The second-order valence-corrected chi connectivity index (χ2v) is 8.34. The summed E-state index contributed by atoms with van der Waals surface area (Å²) in [6, 6.07) is 17.4. The summed E-state index contributed by atoms with van der Waals surface area (Å²) in [4.78, 5) is 13.3. The molecule has 0 radical (unpaired) electrons. The van der Waals surface area contributed by atoms with Crippen molar-refractivity contribution < 1.29 is 9.26 Å². The highest BCUT2D eigenvalue weighted by Crippen LogP contribution is 2.35. The van der Waals surface area contributed by atoms with Gasteiger partial charge in [-0.3, -0.25) is 0 Å². The molecule has 0 unspecified atom stereocenters. The van der Waals surface area contributed by atoms with Crippen molar-refractivity contribution in [3.05, 3.63) is 81.7 Å². The summed E-state index contributed by atoms with van der Waals surface area (Å²) in [5.41, 5.74) is 6.30. The van der Waals surface area contributed by atoms with Gasteiger partial charge < -0.3 is 9.26 Å². The number of pyridine rings is 1. The van der Waals surface area contributed by atoms with Crippen LogP contribution in [0.4, 0.5) is 0 Å². The van der Waals surface area contributed by atoms with Gasteiger partial charge in [0, 0.05) is 22.7 Å². The van der Waals surface area contributed by atoms with Crippen LogP contribution in [0.5, 0.6) is 11.6 Å². The number of hydrogen-bond donors (Lipinski definition) is 0. The Bertz CT molecular complexity index is 1350. The molecule has 0 saturated heterocycles. The van der Waals surface area contributed by atoms with E-state index in [1.54, 1.807) is 17.5 Å². The Kier molecular flexibility index (Phi) is 5.31. The van der Waals surface area contributed by atoms with Gasteiger partial charge in [0.2, 0.25) is 11.7 Å². The molecule has 0 saturated carbocycles. The zero-order chi connectivity index (χ0) is 21.2. The third-order valence-electron chi connectivity index (χ3n) is 4.57. The third kappa shape index (κ3) is 4.12. The molecule has 0 N–H and O–H groups in total. The Labute approximate surface area is 190 Å². The summed E-state index contributed by atoms with van der Waals surface area (Å²) in [5, 5.41) is 6.16. The van der Waals surface area contributed by atoms with Crippen molar-refractivity contribution in [3.63, 3.8) is 0 Å². The Hall–Kier alpha value is -3.36. The van der Waals surface area contributed by atoms with E-state index in [-0.39, 0.29) is 0 Å². The first-order chi connectivity index (χ1) is 15.2. The van der Waals surface area contributed by atoms with Gasteiger partial charge in [-0.25, -0.2) is 9.97 Å². The summed E-state index contributed by atoms with van der Waals surface area (Å²) in [7, 11) is 0. The second-order valence-electron chi connectivity index (χ2n) is 6.77. The van der Waals surface area contributed by atoms with E-state index in [1.807, 2.05) is 72.4 Å². The quantitative estimate of drug-likeness (QED) is 0.270. The first-order valence-corrected chi connectivity index (χ1v) is 11.1. The summed E-state index contributed by atoms with van der Waals surface area (Å²) < 4.78 is 12.4. The maximum absolute atomic E-state index is 6.05. The molecule has 0 aliphatic rings. The SMILES string of the molecule is Cc1ccc(Oc2ncccc2-c2noc(-c3cccc(-c4cscn4)c3)n2)c(Br)c1. The fourth-order valence-electron chi connectivity index (χ4n) is 3.05. The number of ether oxygens (including phenoxy) is 1. The average molecular weight is 491 g/mol. The fraction of sp³-hybridized carbons (Fsp3) is 0.0435. The fourth-order valence-corrected chi connectivity index (χ4v) is 4.19. The minimum Gasteiger partial charge on any atom is -0.437 e. The van der Waals surface area contributed by atoms with Crippen molar-refractivity contribution in [1.29, 1.82) is 0 Å². The molecule has 6 nitrogen and oxygen atoms in total. The molecule has 152 valence electrons. The van der Waals surface area contributed by atoms with Crippen molar-refractivity contribution in [3.8, 4) is 45.7 Å². The molecule has 0 bridgehead atoms. The smallest absolute Gasteiger partial charge is 0.258 e. The Morgan fingerprint density at radius 3 is 2.74 bits per heavy atom. The van der Waals surface area contributed by atoms with E-state index in [2.05, 4.69) is 36.0 Å². The molecule has 0 spiro atoms. The van der Waals surface area contributed by atoms with Gasteiger partial charge in [-0.15, -0.1) is 11.3 Å². The van der Waals surface area contributed by atoms with Crippen molar-refractivity contribution in [2.24, 2.45) is 0 Å². The van der Waals surface area contributed by atoms with E-state index in [9.17, 15) is 0 Å². The molecule has 0 atom stereocenters. The summed E-state index contributed by atoms with van der Waals surface area (Å²) >= 11 is 5.09. The first-order valence-electron chi connectivity index (χ1n) is 9.39. The molecule has 0 fully saturated rings. The van der Waals surface area contributed by atoms with Crippen LogP contribution in [0.25, 0.3) is 34.1 Å². The lowest BCUT2D eigenvalue weighted by molar-refractivity contribution is 0.430. The molecule has 3 heterocycles. The molecule has 2 aromatic carbocycles. The van der Waals surface area contributed by atoms with E-state index in [0.29, 0.717) is 28.9 Å². The Balaban J connectivity index is 1.48. The molecule has 31 heavy (non-hydrogen) atoms. The number of nitrogens with zero attached hydrogens (tertiary/aromatic N) is 4. The van der Waals surface area contributed by atoms with Crippen molar-refractivity contribution in [1.82, 2.24) is 20.1 Å². The highest BCUT2D eigenvalue weighted by atomic mass is 79.9. The monoisotopic (exact) mass is 490 g/mol. The molecule has 0 aliphatic carbocycles. The zero-order valence-electron chi connectivity index (χ0n) is 16.3. The third-order valence-corrected chi connectivity index (χ3v) is 5.78. The molecule has 5 rings (SSSR count). The number of halogens is 1. The Morgan fingerprint density at radius 2 is 1.90 bits per heavy atom. The number of aromatic nitrogens is 4. The van der Waals surface area contributed by atoms with Crippen LogP contribution in [-0.2, 0) is 0 Å². The molecule has 0 aliphatic heterocycles. The topological polar surface area (TPSA) is 73.9 Å². The van der Waals surface area contributed by atoms with Crippen molar-refractivity contribution >= 4 is 27.3 Å². The van der Waals surface area contributed by atoms with Gasteiger partial charge in [-0.1, -0.05) is 23.4 Å². The van der Waals surface area contributed by atoms with Gasteiger partial charge in [0.25, 0.3) is 5.89 Å². The standard InChI is InChI=1S/C23H15BrN4O2S/c1-14-7-8-20(18(24)10-14)29-23-17(6-3-9-25-23)21-27-22(30-28-21)16-5-2-4-15(11-16)19-12-31-13-26-19/h2-13H,1H3. The van der Waals surface area contributed by atoms with Gasteiger partial charge in [0.05, 0.1) is 21.2 Å². The maximum atomic E-state index is 6.05. The van der Waals surface area contributed by atoms with Crippen LogP contribution >= 0.6 is 27.3 Å². The van der Waals surface area contributed by atoms with Crippen LogP contribution in [0.2, 0.25) is 0 Å². The normalized spacial score (nSPS) is 10.9. The number of aryl methyl sites for hydroxylation is 1. The van der Waals surface area contributed by atoms with Gasteiger partial charge in [-0.05, 0) is 64.8 Å². The largest absolute Gasteiger partial charge is 0.437 e. The number of benzene rings is 2. The van der Waals surface area contributed by atoms with Gasteiger partial charge >= 0.3 is 0 Å². The number of hydrogen-bond acceptors (Lipinski definition) is 7. The number of rotatable bonds is 5. The van der Waals surface area contributed by atoms with E-state index < -0.39 is 0 Å². The van der Waals surface area contributed by atoms with Gasteiger partial charge in [-0.2, -0.15) is 4.98 Å². The minimum absolute atomic E-state index is 0.399. The van der Waals surface area contributed by atoms with Crippen LogP contribution in [0.1, 0.15) is 5.56 Å². The minimum atomic E-state index is 0.399. The highest BCUT2D eigenvalue weighted by Gasteiger charge is 2.17. The highest BCUT2D eigenvalue weighted by molar-refractivity contribution is 9.10.